The summed E-state index contributed by atoms with van der Waals surface area (Å²) in [6.45, 7) is 0. The number of thiophene rings is 1. The second kappa shape index (κ2) is 5.36. The van der Waals surface area contributed by atoms with Crippen LogP contribution in [0.25, 0.3) is 0 Å². The van der Waals surface area contributed by atoms with Gasteiger partial charge < -0.3 is 5.73 Å². The Morgan fingerprint density at radius 1 is 1.20 bits per heavy atom. The fourth-order valence-electron chi connectivity index (χ4n) is 1.40. The molecule has 1 aromatic carbocycles. The average Bonchev–Trinajstić information content (AvgIpc) is 2.64. The highest BCUT2D eigenvalue weighted by Gasteiger charge is 2.23. The first kappa shape index (κ1) is 15.3. The molecule has 0 amide bonds. The van der Waals surface area contributed by atoms with Gasteiger partial charge in [-0.15, -0.1) is 11.3 Å². The third kappa shape index (κ3) is 2.98. The normalized spacial score (nSPS) is 11.6. The van der Waals surface area contributed by atoms with Crippen molar-refractivity contribution in [1.82, 2.24) is 0 Å². The van der Waals surface area contributed by atoms with E-state index in [2.05, 4.69) is 0 Å². The van der Waals surface area contributed by atoms with Crippen LogP contribution in [0.15, 0.2) is 23.1 Å². The molecule has 0 aliphatic heterocycles. The molecule has 4 nitrogen and oxygen atoms in total. The van der Waals surface area contributed by atoms with Crippen molar-refractivity contribution in [3.8, 4) is 0 Å². The van der Waals surface area contributed by atoms with Gasteiger partial charge in [-0.05, 0) is 12.1 Å². The van der Waals surface area contributed by atoms with Gasteiger partial charge in [-0.25, -0.2) is 17.2 Å². The van der Waals surface area contributed by atoms with Crippen LogP contribution in [0.2, 0.25) is 8.67 Å². The van der Waals surface area contributed by atoms with Gasteiger partial charge in [-0.3, -0.25) is 4.72 Å². The number of nitrogens with one attached hydrogen (secondary N) is 1. The van der Waals surface area contributed by atoms with Crippen LogP contribution in [0.4, 0.5) is 20.2 Å². The van der Waals surface area contributed by atoms with Gasteiger partial charge in [0.1, 0.15) is 20.7 Å². The van der Waals surface area contributed by atoms with Crippen molar-refractivity contribution in [1.29, 1.82) is 0 Å². The molecule has 1 aromatic heterocycles. The summed E-state index contributed by atoms with van der Waals surface area (Å²) in [4.78, 5) is -0.308. The highest BCUT2D eigenvalue weighted by atomic mass is 35.5. The second-order valence-corrected chi connectivity index (χ2v) is 7.58. The average molecular weight is 359 g/mol. The highest BCUT2D eigenvalue weighted by molar-refractivity contribution is 7.93. The van der Waals surface area contributed by atoms with E-state index in [0.717, 1.165) is 23.5 Å². The maximum absolute atomic E-state index is 13.6. The second-order valence-electron chi connectivity index (χ2n) is 3.65. The quantitative estimate of drug-likeness (QED) is 0.821. The van der Waals surface area contributed by atoms with Crippen LogP contribution < -0.4 is 10.5 Å². The molecule has 0 aliphatic rings. The fourth-order valence-corrected chi connectivity index (χ4v) is 4.65. The Morgan fingerprint density at radius 3 is 2.35 bits per heavy atom. The van der Waals surface area contributed by atoms with E-state index in [-0.39, 0.29) is 19.3 Å². The molecule has 0 saturated heterocycles. The summed E-state index contributed by atoms with van der Waals surface area (Å²) >= 11 is 12.2. The number of benzene rings is 1. The molecule has 108 valence electrons. The predicted molar refractivity (Wildman–Crippen MR) is 75.9 cm³/mol. The Hall–Kier alpha value is -1.09. The topological polar surface area (TPSA) is 72.2 Å². The smallest absolute Gasteiger partial charge is 0.264 e. The molecular weight excluding hydrogens is 353 g/mol. The molecule has 20 heavy (non-hydrogen) atoms. The lowest BCUT2D eigenvalue weighted by Gasteiger charge is -2.10. The Labute approximate surface area is 127 Å². The number of sulfonamides is 1. The van der Waals surface area contributed by atoms with E-state index in [1.54, 1.807) is 0 Å². The van der Waals surface area contributed by atoms with Gasteiger partial charge in [0.15, 0.2) is 5.82 Å². The minimum atomic E-state index is -4.18. The van der Waals surface area contributed by atoms with Crippen molar-refractivity contribution in [3.05, 3.63) is 38.5 Å². The molecule has 0 fully saturated rings. The summed E-state index contributed by atoms with van der Waals surface area (Å²) in [5.41, 5.74) is 4.45. The van der Waals surface area contributed by atoms with Gasteiger partial charge in [0.25, 0.3) is 10.0 Å². The van der Waals surface area contributed by atoms with E-state index >= 15 is 0 Å². The number of nitrogen functional groups attached to an aromatic ring is 1. The van der Waals surface area contributed by atoms with Gasteiger partial charge in [0.05, 0.1) is 10.0 Å². The number of hydrogen-bond acceptors (Lipinski definition) is 4. The number of hydrogen-bond donors (Lipinski definition) is 2. The molecule has 0 bridgehead atoms. The molecule has 2 rings (SSSR count). The van der Waals surface area contributed by atoms with E-state index in [1.165, 1.54) is 0 Å². The molecule has 1 heterocycles. The summed E-state index contributed by atoms with van der Waals surface area (Å²) in [7, 11) is -4.18. The molecular formula is C10H6Cl2F2N2O2S2. The Morgan fingerprint density at radius 2 is 1.85 bits per heavy atom. The molecule has 2 aromatic rings. The summed E-state index contributed by atoms with van der Waals surface area (Å²) in [5.74, 6) is -2.05. The van der Waals surface area contributed by atoms with Crippen molar-refractivity contribution in [2.24, 2.45) is 0 Å². The van der Waals surface area contributed by atoms with Crippen molar-refractivity contribution in [2.45, 2.75) is 4.90 Å². The lowest BCUT2D eigenvalue weighted by Crippen LogP contribution is -2.15. The molecule has 0 radical (unpaired) electrons. The van der Waals surface area contributed by atoms with Gasteiger partial charge >= 0.3 is 0 Å². The van der Waals surface area contributed by atoms with E-state index in [0.29, 0.717) is 6.07 Å². The summed E-state index contributed by atoms with van der Waals surface area (Å²) in [5, 5.41) is 0. The Kier molecular flexibility index (Phi) is 4.10. The van der Waals surface area contributed by atoms with Crippen molar-refractivity contribution < 1.29 is 17.2 Å². The van der Waals surface area contributed by atoms with Gasteiger partial charge in [-0.1, -0.05) is 23.2 Å². The third-order valence-corrected chi connectivity index (χ3v) is 5.34. The van der Waals surface area contributed by atoms with E-state index in [1.807, 2.05) is 4.72 Å². The minimum absolute atomic E-state index is 0.0800. The lowest BCUT2D eigenvalue weighted by atomic mass is 10.2. The first-order valence-corrected chi connectivity index (χ1v) is 7.98. The van der Waals surface area contributed by atoms with E-state index in [4.69, 9.17) is 28.9 Å². The largest absolute Gasteiger partial charge is 0.397 e. The summed E-state index contributed by atoms with van der Waals surface area (Å²) in [6, 6.07) is 2.42. The zero-order valence-electron chi connectivity index (χ0n) is 9.45. The van der Waals surface area contributed by atoms with Crippen molar-refractivity contribution >= 4 is 55.9 Å². The number of halogens is 4. The fraction of sp³-hybridized carbons (Fsp3) is 0. The SMILES string of the molecule is Nc1cc(F)cc(F)c1NS(=O)(=O)c1cc(Cl)sc1Cl. The summed E-state index contributed by atoms with van der Waals surface area (Å²) in [6.07, 6.45) is 0. The molecule has 0 unspecified atom stereocenters. The van der Waals surface area contributed by atoms with Crippen molar-refractivity contribution in [3.63, 3.8) is 0 Å². The van der Waals surface area contributed by atoms with Gasteiger partial charge in [0, 0.05) is 6.07 Å². The van der Waals surface area contributed by atoms with Crippen LogP contribution in [0.3, 0.4) is 0 Å². The highest BCUT2D eigenvalue weighted by Crippen LogP contribution is 2.36. The van der Waals surface area contributed by atoms with Crippen LogP contribution >= 0.6 is 34.5 Å². The van der Waals surface area contributed by atoms with Gasteiger partial charge in [0.2, 0.25) is 0 Å². The molecule has 0 spiro atoms. The minimum Gasteiger partial charge on any atom is -0.397 e. The zero-order chi connectivity index (χ0) is 15.1. The third-order valence-electron chi connectivity index (χ3n) is 2.24. The number of nitrogens with two attached hydrogens (primary N) is 1. The first-order chi connectivity index (χ1) is 9.20. The molecule has 0 aliphatic carbocycles. The van der Waals surface area contributed by atoms with Crippen LogP contribution in [0, 0.1) is 11.6 Å². The van der Waals surface area contributed by atoms with Gasteiger partial charge in [-0.2, -0.15) is 0 Å². The van der Waals surface area contributed by atoms with Crippen LogP contribution in [-0.2, 0) is 10.0 Å². The van der Waals surface area contributed by atoms with E-state index in [9.17, 15) is 17.2 Å². The Bertz CT molecular complexity index is 755. The first-order valence-electron chi connectivity index (χ1n) is 4.93. The Balaban J connectivity index is 2.46. The monoisotopic (exact) mass is 358 g/mol. The number of anilines is 2. The van der Waals surface area contributed by atoms with Crippen molar-refractivity contribution in [2.75, 3.05) is 10.5 Å². The van der Waals surface area contributed by atoms with Crippen LogP contribution in [0.5, 0.6) is 0 Å². The molecule has 0 saturated carbocycles. The molecule has 10 heteroatoms. The standard InChI is InChI=1S/C10H6Cl2F2N2O2S2/c11-8-3-7(10(12)19-8)20(17,18)16-9-5(14)1-4(13)2-6(9)15/h1-3,16H,15H2. The van der Waals surface area contributed by atoms with Crippen LogP contribution in [-0.4, -0.2) is 8.42 Å². The lowest BCUT2D eigenvalue weighted by molar-refractivity contribution is 0.584. The maximum atomic E-state index is 13.6. The maximum Gasteiger partial charge on any atom is 0.264 e. The zero-order valence-corrected chi connectivity index (χ0v) is 12.6. The molecule has 0 atom stereocenters. The van der Waals surface area contributed by atoms with E-state index < -0.39 is 27.3 Å². The molecule has 3 N–H and O–H groups in total. The predicted octanol–water partition coefficient (Wildman–Crippen LogP) is 3.72. The number of rotatable bonds is 3. The summed E-state index contributed by atoms with van der Waals surface area (Å²) < 4.78 is 52.6. The van der Waals surface area contributed by atoms with Crippen LogP contribution in [0.1, 0.15) is 0 Å².